The molecule has 3 atom stereocenters. The zero-order valence-corrected chi connectivity index (χ0v) is 4.74. The van der Waals surface area contributed by atoms with Gasteiger partial charge in [-0.2, -0.15) is 0 Å². The van der Waals surface area contributed by atoms with E-state index in [1.165, 1.54) is 0 Å². The fourth-order valence-electron chi connectivity index (χ4n) is 0.218. The normalized spacial score (nSPS) is 42.7. The molecule has 0 heterocycles. The minimum atomic E-state index is -4.30. The Kier molecular flexibility index (Phi) is 1.40. The van der Waals surface area contributed by atoms with Crippen LogP contribution in [0.2, 0.25) is 0 Å². The van der Waals surface area contributed by atoms with Crippen molar-refractivity contribution in [1.82, 2.24) is 0 Å². The van der Waals surface area contributed by atoms with E-state index in [0.29, 0.717) is 0 Å². The van der Waals surface area contributed by atoms with Gasteiger partial charge in [-0.3, -0.25) is 0 Å². The second-order valence-corrected chi connectivity index (χ2v) is 1.27. The third kappa shape index (κ3) is 2.59. The van der Waals surface area contributed by atoms with E-state index in [1.54, 1.807) is 0 Å². The first-order valence-electron chi connectivity index (χ1n) is 5.62. The Labute approximate surface area is 68.0 Å². The Balaban J connectivity index is 5.73. The highest BCUT2D eigenvalue weighted by Gasteiger charge is 2.22. The number of rotatable bonds is 4. The van der Waals surface area contributed by atoms with Gasteiger partial charge in [-0.25, -0.2) is 0 Å². The first-order valence-corrected chi connectivity index (χ1v) is 2.12. The van der Waals surface area contributed by atoms with Crippen LogP contribution in [0.4, 0.5) is 0 Å². The zero-order valence-electron chi connectivity index (χ0n) is 11.7. The average molecular weight is 159 g/mol. The van der Waals surface area contributed by atoms with Crippen LogP contribution >= 0.6 is 0 Å². The Hall–Kier alpha value is -0.200. The molecular weight excluding hydrogens is 140 g/mol. The molecule has 0 rings (SSSR count). The van der Waals surface area contributed by atoms with Gasteiger partial charge in [0.1, 0.15) is 18.2 Å². The molecule has 0 aromatic rings. The van der Waals surface area contributed by atoms with Gasteiger partial charge in [0, 0.05) is 0 Å². The Morgan fingerprint density at radius 1 is 1.10 bits per heavy atom. The van der Waals surface area contributed by atoms with E-state index in [1.807, 2.05) is 0 Å². The summed E-state index contributed by atoms with van der Waals surface area (Å²) < 4.78 is 46.9. The first kappa shape index (κ1) is 3.04. The van der Waals surface area contributed by atoms with Crippen LogP contribution in [0.15, 0.2) is 0 Å². The fourth-order valence-corrected chi connectivity index (χ4v) is 0.218. The summed E-state index contributed by atoms with van der Waals surface area (Å²) in [4.78, 5) is 0. The Bertz CT molecular complexity index is 262. The first-order chi connectivity index (χ1) is 7.00. The zero-order chi connectivity index (χ0) is 14.5. The lowest BCUT2D eigenvalue weighted by atomic mass is 10.1. The highest BCUT2D eigenvalue weighted by molar-refractivity contribution is 4.73. The summed E-state index contributed by atoms with van der Waals surface area (Å²) in [5, 5.41) is 44.9. The molecule has 1 unspecified atom stereocenters. The maximum Gasteiger partial charge on any atom is 0.110 e. The maximum atomic E-state index is 9.23. The highest BCUT2D eigenvalue weighted by Crippen LogP contribution is 1.97. The van der Waals surface area contributed by atoms with Crippen LogP contribution < -0.4 is 0 Å². The Morgan fingerprint density at radius 2 is 1.40 bits per heavy atom. The number of hydrogen-bond donors (Lipinski definition) is 5. The third-order valence-electron chi connectivity index (χ3n) is 0.660. The maximum absolute atomic E-state index is 9.23. The van der Waals surface area contributed by atoms with Crippen molar-refractivity contribution in [3.63, 3.8) is 0 Å². The molecule has 5 N–H and O–H groups in total. The SMILES string of the molecule is [2H]C([2H])(O)[C@]([2H])(O)C([2H])(O)[C@]([2H])(O)C([2H])([2H])O. The minimum absolute atomic E-state index is 3.97. The van der Waals surface area contributed by atoms with Crippen molar-refractivity contribution < 1.29 is 35.1 Å². The molecule has 0 aromatic carbocycles. The molecule has 62 valence electrons. The van der Waals surface area contributed by atoms with Gasteiger partial charge in [-0.1, -0.05) is 0 Å². The van der Waals surface area contributed by atoms with E-state index in [9.17, 15) is 5.11 Å². The molecular formula is C5H12O5. The summed E-state index contributed by atoms with van der Waals surface area (Å²) in [6, 6.07) is 0. The molecule has 10 heavy (non-hydrogen) atoms. The van der Waals surface area contributed by atoms with Gasteiger partial charge >= 0.3 is 0 Å². The van der Waals surface area contributed by atoms with Gasteiger partial charge in [0.25, 0.3) is 0 Å². The lowest BCUT2D eigenvalue weighted by Gasteiger charge is -2.19. The molecule has 0 radical (unpaired) electrons. The predicted octanol–water partition coefficient (Wildman–Crippen LogP) is -2.95. The topological polar surface area (TPSA) is 101 Å². The molecule has 0 bridgehead atoms. The van der Waals surface area contributed by atoms with Crippen LogP contribution in [-0.2, 0) is 0 Å². The smallest absolute Gasteiger partial charge is 0.110 e. The van der Waals surface area contributed by atoms with Gasteiger partial charge in [-0.15, -0.1) is 0 Å². The quantitative estimate of drug-likeness (QED) is 0.302. The summed E-state index contributed by atoms with van der Waals surface area (Å²) in [6.45, 7) is -7.94. The average Bonchev–Trinajstić information content (AvgIpc) is 1.98. The lowest BCUT2D eigenvalue weighted by molar-refractivity contribution is -0.0900. The van der Waals surface area contributed by atoms with Gasteiger partial charge < -0.3 is 25.5 Å². The van der Waals surface area contributed by atoms with E-state index in [2.05, 4.69) is 0 Å². The Morgan fingerprint density at radius 3 is 1.60 bits per heavy atom. The van der Waals surface area contributed by atoms with Crippen molar-refractivity contribution >= 4 is 0 Å². The van der Waals surface area contributed by atoms with E-state index in [0.717, 1.165) is 0 Å². The van der Waals surface area contributed by atoms with E-state index in [-0.39, 0.29) is 0 Å². The van der Waals surface area contributed by atoms with E-state index in [4.69, 9.17) is 30.0 Å². The van der Waals surface area contributed by atoms with Crippen molar-refractivity contribution in [2.75, 3.05) is 13.1 Å². The predicted molar refractivity (Wildman–Crippen MR) is 32.2 cm³/mol. The summed E-state index contributed by atoms with van der Waals surface area (Å²) in [7, 11) is 0. The number of aliphatic hydroxyl groups is 5. The van der Waals surface area contributed by atoms with Crippen LogP contribution in [0.5, 0.6) is 0 Å². The molecule has 0 saturated heterocycles. The van der Waals surface area contributed by atoms with Crippen molar-refractivity contribution in [2.24, 2.45) is 0 Å². The largest absolute Gasteiger partial charge is 0.394 e. The molecule has 5 heteroatoms. The van der Waals surface area contributed by atoms with E-state index >= 15 is 0 Å². The fraction of sp³-hybridized carbons (Fsp3) is 1.00. The molecule has 0 spiro atoms. The van der Waals surface area contributed by atoms with Crippen molar-refractivity contribution in [2.45, 2.75) is 18.2 Å². The van der Waals surface area contributed by atoms with Crippen LogP contribution in [0.3, 0.4) is 0 Å². The standard InChI is InChI=1S/C5H12O5/c6-1-3(8)5(10)4(9)2-7/h3-10H,1-2H2/t3-,4+,5?/i1D2,2D2,3D,4D,5D. The van der Waals surface area contributed by atoms with Gasteiger partial charge in [0.2, 0.25) is 0 Å². The van der Waals surface area contributed by atoms with Crippen LogP contribution in [-0.4, -0.2) is 56.9 Å². The van der Waals surface area contributed by atoms with E-state index < -0.39 is 31.4 Å². The van der Waals surface area contributed by atoms with Crippen LogP contribution in [0.25, 0.3) is 0 Å². The number of hydrogen-bond acceptors (Lipinski definition) is 5. The van der Waals surface area contributed by atoms with Gasteiger partial charge in [-0.05, 0) is 0 Å². The second kappa shape index (κ2) is 4.59. The molecule has 0 saturated carbocycles. The van der Waals surface area contributed by atoms with Crippen LogP contribution in [0.1, 0.15) is 9.60 Å². The van der Waals surface area contributed by atoms with Crippen LogP contribution in [0, 0.1) is 0 Å². The molecule has 5 nitrogen and oxygen atoms in total. The lowest BCUT2D eigenvalue weighted by Crippen LogP contribution is -2.41. The monoisotopic (exact) mass is 159 g/mol. The molecule has 0 aromatic heterocycles. The third-order valence-corrected chi connectivity index (χ3v) is 0.660. The molecule has 0 amide bonds. The van der Waals surface area contributed by atoms with Crippen molar-refractivity contribution in [1.29, 1.82) is 0 Å². The highest BCUT2D eigenvalue weighted by atomic mass is 16.4. The second-order valence-electron chi connectivity index (χ2n) is 1.27. The molecule has 0 aliphatic heterocycles. The molecule has 0 aliphatic carbocycles. The van der Waals surface area contributed by atoms with Crippen molar-refractivity contribution in [3.05, 3.63) is 0 Å². The van der Waals surface area contributed by atoms with Gasteiger partial charge in [0.05, 0.1) is 22.7 Å². The summed E-state index contributed by atoms with van der Waals surface area (Å²) in [5.74, 6) is 0. The minimum Gasteiger partial charge on any atom is -0.394 e. The summed E-state index contributed by atoms with van der Waals surface area (Å²) >= 11 is 0. The molecule has 0 aliphatic rings. The summed E-state index contributed by atoms with van der Waals surface area (Å²) in [6.07, 6.45) is -12.7. The van der Waals surface area contributed by atoms with Crippen molar-refractivity contribution in [3.8, 4) is 0 Å². The van der Waals surface area contributed by atoms with Gasteiger partial charge in [0.15, 0.2) is 0 Å². The summed E-state index contributed by atoms with van der Waals surface area (Å²) in [5.41, 5.74) is 0. The molecule has 0 fully saturated rings.